The topological polar surface area (TPSA) is 119 Å². The van der Waals surface area contributed by atoms with Crippen LogP contribution in [0.4, 0.5) is 0 Å². The first-order chi connectivity index (χ1) is 20.4. The molecule has 1 saturated heterocycles. The summed E-state index contributed by atoms with van der Waals surface area (Å²) in [5, 5.41) is 24.6. The quantitative estimate of drug-likeness (QED) is 0.276. The average Bonchev–Trinajstić information content (AvgIpc) is 2.96. The molecule has 8 nitrogen and oxygen atoms in total. The molecule has 3 aliphatic rings. The lowest BCUT2D eigenvalue weighted by Crippen LogP contribution is -2.87. The Kier molecular flexibility index (Phi) is 8.37. The Bertz CT molecular complexity index is 1490. The van der Waals surface area contributed by atoms with Crippen LogP contribution in [0, 0.1) is 16.7 Å². The fourth-order valence-electron chi connectivity index (χ4n) is 8.11. The number of Topliss-reactive ketones (excluding diaryl/α,β-unsaturated/α-hetero) is 1. The van der Waals surface area contributed by atoms with Crippen molar-refractivity contribution in [2.24, 2.45) is 16.7 Å². The molecule has 2 N–H and O–H groups in total. The largest absolute Gasteiger partial charge is 0.454 e. The number of hydrogen-bond acceptors (Lipinski definition) is 8. The predicted octanol–water partition coefficient (Wildman–Crippen LogP) is 6.20. The van der Waals surface area contributed by atoms with Gasteiger partial charge >= 0.3 is 11.9 Å². The molecule has 8 atom stereocenters. The predicted molar refractivity (Wildman–Crippen MR) is 170 cm³/mol. The van der Waals surface area contributed by atoms with E-state index in [4.69, 9.17) is 14.2 Å². The maximum absolute atomic E-state index is 14.3. The summed E-state index contributed by atoms with van der Waals surface area (Å²) in [5.41, 5.74) is -7.34. The normalized spacial score (nSPS) is 37.7. The number of aliphatic hydroxyl groups is 2. The van der Waals surface area contributed by atoms with Crippen LogP contribution in [0.1, 0.15) is 74.6 Å². The van der Waals surface area contributed by atoms with Crippen LogP contribution < -0.4 is 0 Å². The number of rotatable bonds is 5. The molecule has 236 valence electrons. The van der Waals surface area contributed by atoms with Gasteiger partial charge in [-0.2, -0.15) is 0 Å². The minimum Gasteiger partial charge on any atom is -0.454 e. The number of halogens is 2. The first kappa shape index (κ1) is 33.0. The van der Waals surface area contributed by atoms with Crippen molar-refractivity contribution in [3.63, 3.8) is 0 Å². The van der Waals surface area contributed by atoms with Gasteiger partial charge in [0.05, 0.1) is 22.8 Å². The highest BCUT2D eigenvalue weighted by molar-refractivity contribution is 9.10. The van der Waals surface area contributed by atoms with Crippen molar-refractivity contribution in [2.75, 3.05) is 0 Å². The summed E-state index contributed by atoms with van der Waals surface area (Å²) in [4.78, 5) is 41.9. The monoisotopic (exact) mass is 732 g/mol. The molecule has 1 aliphatic heterocycles. The molecule has 0 amide bonds. The minimum absolute atomic E-state index is 0.211. The third kappa shape index (κ3) is 4.92. The molecule has 0 unspecified atom stereocenters. The smallest absolute Gasteiger partial charge is 0.338 e. The Hall–Kier alpha value is -2.37. The Morgan fingerprint density at radius 3 is 1.93 bits per heavy atom. The Labute approximate surface area is 274 Å². The van der Waals surface area contributed by atoms with Gasteiger partial charge in [-0.3, -0.25) is 4.79 Å². The number of hydrogen-bond donors (Lipinski definition) is 2. The number of benzene rings is 2. The Morgan fingerprint density at radius 1 is 0.932 bits per heavy atom. The molecule has 2 aromatic rings. The van der Waals surface area contributed by atoms with Gasteiger partial charge in [0.25, 0.3) is 0 Å². The zero-order chi connectivity index (χ0) is 32.5. The van der Waals surface area contributed by atoms with E-state index >= 15 is 0 Å². The van der Waals surface area contributed by atoms with Gasteiger partial charge in [-0.25, -0.2) is 9.59 Å². The van der Waals surface area contributed by atoms with Crippen LogP contribution in [0.15, 0.2) is 70.1 Å². The molecule has 0 radical (unpaired) electrons. The van der Waals surface area contributed by atoms with Gasteiger partial charge in [-0.15, -0.1) is 6.58 Å². The third-order valence-electron chi connectivity index (χ3n) is 10.3. The molecule has 0 aromatic heterocycles. The van der Waals surface area contributed by atoms with Crippen molar-refractivity contribution in [2.45, 2.75) is 89.0 Å². The highest BCUT2D eigenvalue weighted by Crippen LogP contribution is 2.67. The molecule has 2 aliphatic carbocycles. The number of aliphatic hydroxyl groups excluding tert-OH is 1. The second-order valence-corrected chi connectivity index (χ2v) is 15.4. The summed E-state index contributed by atoms with van der Waals surface area (Å²) in [6, 6.07) is 13.1. The van der Waals surface area contributed by atoms with E-state index in [0.717, 1.165) is 8.95 Å². The molecule has 0 spiro atoms. The molecule has 2 saturated carbocycles. The second-order valence-electron chi connectivity index (χ2n) is 13.5. The van der Waals surface area contributed by atoms with E-state index in [-0.39, 0.29) is 17.5 Å². The highest BCUT2D eigenvalue weighted by atomic mass is 79.9. The van der Waals surface area contributed by atoms with Crippen molar-refractivity contribution in [3.8, 4) is 0 Å². The molecule has 1 heterocycles. The second kappa shape index (κ2) is 11.2. The van der Waals surface area contributed by atoms with E-state index in [9.17, 15) is 24.6 Å². The maximum atomic E-state index is 14.3. The van der Waals surface area contributed by atoms with Gasteiger partial charge in [0.15, 0.2) is 17.5 Å². The van der Waals surface area contributed by atoms with Gasteiger partial charge in [0, 0.05) is 26.7 Å². The highest BCUT2D eigenvalue weighted by Gasteiger charge is 2.82. The fraction of sp³-hybridized carbons (Fsp3) is 0.500. The summed E-state index contributed by atoms with van der Waals surface area (Å²) in [5.74, 6) is -2.84. The summed E-state index contributed by atoms with van der Waals surface area (Å²) in [7, 11) is 0. The van der Waals surface area contributed by atoms with Crippen LogP contribution in [0.2, 0.25) is 0 Å². The number of ether oxygens (including phenoxy) is 3. The summed E-state index contributed by atoms with van der Waals surface area (Å²) in [6.07, 6.45) is -1.81. The van der Waals surface area contributed by atoms with Crippen molar-refractivity contribution in [1.29, 1.82) is 0 Å². The van der Waals surface area contributed by atoms with E-state index in [1.165, 1.54) is 13.0 Å². The SMILES string of the molecule is C=C[C@@]1(C)CC(=O)[C@]2(O)[C@@]3(C)[C@@H](O)CCC(C)(C)[C@@H]3[C@H](OC(=O)c3ccc(Br)cc3)[C@H](OC(=O)c3ccc(Br)cc3)[C@@]2(C)O1. The lowest BCUT2D eigenvalue weighted by atomic mass is 9.39. The number of carbonyl (C=O) groups excluding carboxylic acids is 3. The number of carbonyl (C=O) groups is 3. The van der Waals surface area contributed by atoms with E-state index < -0.39 is 69.6 Å². The standard InChI is InChI=1S/C34H38Br2O8/c1-7-31(4)18-24(38)34(41)32(5)23(37)16-17-30(2,3)26(32)25(42-28(39)19-8-12-21(35)13-9-19)27(33(34,6)44-31)43-29(40)20-10-14-22(36)15-11-20/h7-15,23,25-27,37,41H,1,16-18H2,2-6H3/t23-,25-,26-,27-,31-,32-,33+,34-/m0/s1. The van der Waals surface area contributed by atoms with Crippen molar-refractivity contribution in [3.05, 3.63) is 81.3 Å². The molecule has 0 bridgehead atoms. The molecular formula is C34H38Br2O8. The van der Waals surface area contributed by atoms with Crippen molar-refractivity contribution < 1.29 is 38.8 Å². The first-order valence-electron chi connectivity index (χ1n) is 14.6. The lowest BCUT2D eigenvalue weighted by molar-refractivity contribution is -0.368. The van der Waals surface area contributed by atoms with Gasteiger partial charge < -0.3 is 24.4 Å². The van der Waals surface area contributed by atoms with Gasteiger partial charge in [0.1, 0.15) is 11.7 Å². The van der Waals surface area contributed by atoms with Gasteiger partial charge in [-0.1, -0.05) is 58.7 Å². The summed E-state index contributed by atoms with van der Waals surface area (Å²) in [6.45, 7) is 12.6. The molecule has 2 aromatic carbocycles. The molecule has 3 fully saturated rings. The van der Waals surface area contributed by atoms with E-state index in [2.05, 4.69) is 38.4 Å². The molecule has 5 rings (SSSR count). The molecular weight excluding hydrogens is 696 g/mol. The van der Waals surface area contributed by atoms with E-state index in [1.807, 2.05) is 13.8 Å². The third-order valence-corrected chi connectivity index (χ3v) is 11.4. The number of esters is 2. The molecule has 44 heavy (non-hydrogen) atoms. The van der Waals surface area contributed by atoms with Gasteiger partial charge in [0.2, 0.25) is 0 Å². The van der Waals surface area contributed by atoms with Crippen LogP contribution in [0.3, 0.4) is 0 Å². The Morgan fingerprint density at radius 2 is 1.43 bits per heavy atom. The van der Waals surface area contributed by atoms with Crippen LogP contribution in [-0.2, 0) is 19.0 Å². The Balaban J connectivity index is 1.75. The molecule has 10 heteroatoms. The first-order valence-corrected chi connectivity index (χ1v) is 16.2. The van der Waals surface area contributed by atoms with Crippen LogP contribution in [0.5, 0.6) is 0 Å². The minimum atomic E-state index is -2.34. The summed E-state index contributed by atoms with van der Waals surface area (Å²) < 4.78 is 20.7. The van der Waals surface area contributed by atoms with E-state index in [0.29, 0.717) is 12.8 Å². The average molecular weight is 734 g/mol. The number of fused-ring (bicyclic) bond motifs is 3. The fourth-order valence-corrected chi connectivity index (χ4v) is 8.64. The van der Waals surface area contributed by atoms with Gasteiger partial charge in [-0.05, 0) is 80.6 Å². The maximum Gasteiger partial charge on any atom is 0.338 e. The van der Waals surface area contributed by atoms with Crippen molar-refractivity contribution in [1.82, 2.24) is 0 Å². The lowest BCUT2D eigenvalue weighted by Gasteiger charge is -2.71. The van der Waals surface area contributed by atoms with E-state index in [1.54, 1.807) is 62.4 Å². The van der Waals surface area contributed by atoms with Crippen molar-refractivity contribution >= 4 is 49.6 Å². The van der Waals surface area contributed by atoms with Crippen LogP contribution >= 0.6 is 31.9 Å². The number of ketones is 1. The van der Waals surface area contributed by atoms with Crippen LogP contribution in [0.25, 0.3) is 0 Å². The zero-order valence-electron chi connectivity index (χ0n) is 25.4. The summed E-state index contributed by atoms with van der Waals surface area (Å²) >= 11 is 6.75. The van der Waals surface area contributed by atoms with Crippen LogP contribution in [-0.4, -0.2) is 63.0 Å². The zero-order valence-corrected chi connectivity index (χ0v) is 28.6.